The third-order valence-corrected chi connectivity index (χ3v) is 24.0. The number of carboxylic acids is 1. The summed E-state index contributed by atoms with van der Waals surface area (Å²) >= 11 is 4.03. The van der Waals surface area contributed by atoms with Gasteiger partial charge in [-0.3, -0.25) is 24.0 Å². The van der Waals surface area contributed by atoms with Crippen molar-refractivity contribution in [3.05, 3.63) is 238 Å². The molecule has 8 aromatic carbocycles. The molecule has 0 amide bonds. The van der Waals surface area contributed by atoms with Crippen LogP contribution in [0.1, 0.15) is 71.5 Å². The summed E-state index contributed by atoms with van der Waals surface area (Å²) in [7, 11) is 5.19. The molecule has 15 rings (SSSR count). The van der Waals surface area contributed by atoms with Crippen molar-refractivity contribution in [1.29, 1.82) is 5.26 Å². The second-order valence-electron chi connectivity index (χ2n) is 28.7. The first-order valence-electron chi connectivity index (χ1n) is 39.4. The summed E-state index contributed by atoms with van der Waals surface area (Å²) in [6, 6.07) is 52.6. The van der Waals surface area contributed by atoms with Crippen LogP contribution in [0.2, 0.25) is 0 Å². The number of thiazole rings is 3. The third-order valence-electron chi connectivity index (χ3n) is 20.2. The maximum absolute atomic E-state index is 13.8. The van der Waals surface area contributed by atoms with E-state index in [1.165, 1.54) is 69.9 Å². The molecule has 7 heterocycles. The third kappa shape index (κ3) is 29.9. The number of aliphatic hydroxyl groups is 1. The van der Waals surface area contributed by atoms with Gasteiger partial charge >= 0.3 is 40.4 Å². The Morgan fingerprint density at radius 1 is 0.457 bits per heavy atom. The molecule has 4 saturated heterocycles. The molecule has 0 radical (unpaired) electrons. The molecule has 4 aliphatic heterocycles. The molecule has 4 fully saturated rings. The molecule has 0 spiro atoms. The molecule has 672 valence electrons. The highest BCUT2D eigenvalue weighted by atomic mass is 127. The second-order valence-corrected chi connectivity index (χ2v) is 33.5. The first-order valence-corrected chi connectivity index (χ1v) is 44.0. The molecule has 4 unspecified atom stereocenters. The van der Waals surface area contributed by atoms with Crippen LogP contribution < -0.4 is 20.0 Å². The zero-order chi connectivity index (χ0) is 92.1. The lowest BCUT2D eigenvalue weighted by Crippen LogP contribution is -2.39. The van der Waals surface area contributed by atoms with Gasteiger partial charge in [-0.15, -0.1) is 11.3 Å². The number of carbonyl (C=O) groups is 5. The minimum absolute atomic E-state index is 0.0720. The number of rotatable bonds is 17. The van der Waals surface area contributed by atoms with E-state index in [4.69, 9.17) is 24.8 Å². The van der Waals surface area contributed by atoms with Crippen LogP contribution in [0.15, 0.2) is 200 Å². The number of hydrogen-bond acceptors (Lipinski definition) is 21. The highest BCUT2D eigenvalue weighted by Gasteiger charge is 2.41. The first kappa shape index (κ1) is 99.9. The normalized spacial score (nSPS) is 16.1. The minimum Gasteiger partial charge on any atom is -0.481 e. The Kier molecular flexibility index (Phi) is 37.6. The van der Waals surface area contributed by atoms with Crippen molar-refractivity contribution in [2.24, 2.45) is 23.7 Å². The number of aliphatic carboxylic acids is 1. The Labute approximate surface area is 753 Å². The van der Waals surface area contributed by atoms with Crippen molar-refractivity contribution in [3.63, 3.8) is 0 Å². The predicted molar refractivity (Wildman–Crippen MR) is 475 cm³/mol. The summed E-state index contributed by atoms with van der Waals surface area (Å²) in [5.74, 6) is -3.67. The number of alkyl halides is 10. The molecule has 0 aliphatic carbocycles. The predicted octanol–water partition coefficient (Wildman–Crippen LogP) is 22.6. The molecule has 3 N–H and O–H groups in total. The van der Waals surface area contributed by atoms with E-state index in [0.717, 1.165) is 125 Å². The first-order chi connectivity index (χ1) is 60.7. The van der Waals surface area contributed by atoms with Gasteiger partial charge in [0.25, 0.3) is 0 Å². The van der Waals surface area contributed by atoms with Crippen molar-refractivity contribution in [2.75, 3.05) is 101 Å². The number of benzene rings is 8. The van der Waals surface area contributed by atoms with Crippen LogP contribution in [-0.4, -0.2) is 146 Å². The number of nitrogens with zero attached hydrogens (tertiary/aromatic N) is 7. The number of ether oxygens (including phenoxy) is 3. The van der Waals surface area contributed by atoms with Crippen molar-refractivity contribution in [2.45, 2.75) is 67.9 Å². The van der Waals surface area contributed by atoms with E-state index in [1.807, 2.05) is 47.2 Å². The number of piperidine rings is 4. The SMILES string of the molecule is CO.COC(=O)C1CCCN(c2nc(-c3ccc(-c4ccc(F)cc4)cc3)c(C(F)(F)F)s2)C1.COC(=O)C1CCCN(c2nc(-c3ccc(-c4ccc(F)cc4)cc3)cs2)C1.COC(=O)C1CCCNC1.FC(F)(F)I.N#CSCC(=O)c1ccc(-c2ccc(F)cc2)cc1.O=C(O)C1CCCN(c2nc(-c3ccc(-c4ccc(F)cc4)cc3)c(C(F)(F)F)s2)C1. The van der Waals surface area contributed by atoms with Crippen LogP contribution in [-0.2, 0) is 45.7 Å². The summed E-state index contributed by atoms with van der Waals surface area (Å²) in [6.45, 7) is 4.80. The molecular formula is C91H86F13IN8O10S4. The van der Waals surface area contributed by atoms with E-state index in [1.54, 1.807) is 130 Å². The van der Waals surface area contributed by atoms with Gasteiger partial charge in [0.1, 0.15) is 38.4 Å². The molecule has 4 aliphatic rings. The smallest absolute Gasteiger partial charge is 0.441 e. The number of aliphatic hydroxyl groups excluding tert-OH is 1. The summed E-state index contributed by atoms with van der Waals surface area (Å²) in [5.41, 5.74) is 9.73. The van der Waals surface area contributed by atoms with Crippen molar-refractivity contribution >= 4 is 113 Å². The van der Waals surface area contributed by atoms with E-state index in [9.17, 15) is 86.2 Å². The molecule has 4 atom stereocenters. The van der Waals surface area contributed by atoms with Gasteiger partial charge in [0, 0.05) is 103 Å². The van der Waals surface area contributed by atoms with E-state index < -0.39 is 38.2 Å². The fourth-order valence-corrected chi connectivity index (χ4v) is 17.1. The molecule has 3 aromatic heterocycles. The van der Waals surface area contributed by atoms with Crippen LogP contribution in [0, 0.1) is 57.6 Å². The Morgan fingerprint density at radius 3 is 1.08 bits per heavy atom. The zero-order valence-electron chi connectivity index (χ0n) is 68.6. The van der Waals surface area contributed by atoms with Crippen molar-refractivity contribution < 1.29 is 105 Å². The molecule has 127 heavy (non-hydrogen) atoms. The number of aromatic nitrogens is 3. The van der Waals surface area contributed by atoms with Crippen LogP contribution >= 0.6 is 68.4 Å². The molecule has 18 nitrogen and oxygen atoms in total. The Bertz CT molecular complexity index is 5410. The Morgan fingerprint density at radius 2 is 0.756 bits per heavy atom. The monoisotopic (exact) mass is 1950 g/mol. The van der Waals surface area contributed by atoms with E-state index >= 15 is 0 Å². The van der Waals surface area contributed by atoms with Gasteiger partial charge in [-0.25, -0.2) is 32.5 Å². The summed E-state index contributed by atoms with van der Waals surface area (Å²) in [5, 5.41) is 33.1. The number of ketones is 1. The quantitative estimate of drug-likeness (QED) is 0.0146. The van der Waals surface area contributed by atoms with E-state index in [0.29, 0.717) is 107 Å². The van der Waals surface area contributed by atoms with Gasteiger partial charge in [-0.1, -0.05) is 168 Å². The standard InChI is InChI=1S/C23H20F4N2O2S.C22H18F4N2O2S.C22H21FN2O2S.C15H10FNOS.C7H13NO2.CF3I.CH4O/c1-31-21(30)17-3-2-12-29(13-17)22-28-19(20(32-22)23(25,26)27)16-6-4-14(5-7-16)15-8-10-18(24)11-9-15;23-17-9-7-14(8-10-17)13-3-5-15(6-4-13)18-19(22(24,25)26)31-21(27-18)28-11-1-2-16(12-28)20(29)30;1-27-21(26)18-3-2-12-25(13-18)22-24-20(14-28-22)17-6-4-15(5-7-17)16-8-10-19(23)11-9-16;16-14-7-5-12(6-8-14)11-1-3-13(4-2-11)15(18)9-19-10-17;1-10-7(9)6-3-2-4-8-5-6;2-1(3,4)5;1-2/h4-11,17H,2-3,12-13H2,1H3;3-10,16H,1-2,11-12H2,(H,29,30);4-11,14,18H,2-3,12-13H2,1H3;1-8H,9H2;6,8H,2-5H2,1H3;;2H,1H3. The maximum Gasteiger partial charge on any atom is 0.441 e. The van der Waals surface area contributed by atoms with Crippen LogP contribution in [0.25, 0.3) is 78.3 Å². The zero-order valence-corrected chi connectivity index (χ0v) is 74.0. The second kappa shape index (κ2) is 47.8. The lowest BCUT2D eigenvalue weighted by atomic mass is 9.99. The number of thioether (sulfide) groups is 1. The average molecular weight is 1950 g/mol. The van der Waals surface area contributed by atoms with Gasteiger partial charge < -0.3 is 44.4 Å². The number of carboxylic acid groups (broad SMARTS) is 1. The number of halogens is 14. The van der Waals surface area contributed by atoms with Gasteiger partial charge in [0.2, 0.25) is 0 Å². The summed E-state index contributed by atoms with van der Waals surface area (Å²) in [6.07, 6.45) is -2.87. The molecule has 0 bridgehead atoms. The fourth-order valence-electron chi connectivity index (χ4n) is 13.9. The maximum atomic E-state index is 13.8. The van der Waals surface area contributed by atoms with Gasteiger partial charge in [-0.2, -0.15) is 44.8 Å². The lowest BCUT2D eigenvalue weighted by Gasteiger charge is -2.30. The number of hydrogen-bond donors (Lipinski definition) is 3. The van der Waals surface area contributed by atoms with Crippen LogP contribution in [0.3, 0.4) is 0 Å². The largest absolute Gasteiger partial charge is 0.481 e. The Hall–Kier alpha value is -10.8. The minimum atomic E-state index is -4.58. The van der Waals surface area contributed by atoms with E-state index in [-0.39, 0.29) is 105 Å². The average Bonchev–Trinajstić information content (AvgIpc) is 1.64. The van der Waals surface area contributed by atoms with Gasteiger partial charge in [0.05, 0.1) is 67.8 Å². The molecule has 0 saturated carbocycles. The number of methoxy groups -OCH3 is 3. The number of anilines is 3. The number of nitrogens with one attached hydrogen (secondary N) is 1. The lowest BCUT2D eigenvalue weighted by molar-refractivity contribution is -0.146. The van der Waals surface area contributed by atoms with Crippen molar-refractivity contribution in [3.8, 4) is 83.7 Å². The summed E-state index contributed by atoms with van der Waals surface area (Å²) in [4.78, 5) is 74.9. The summed E-state index contributed by atoms with van der Waals surface area (Å²) < 4.78 is 176. The number of esters is 3. The van der Waals surface area contributed by atoms with Gasteiger partial charge in [0.15, 0.2) is 21.2 Å². The highest BCUT2D eigenvalue weighted by molar-refractivity contribution is 14.1. The molecular weight excluding hydrogens is 1870 g/mol. The number of nitriles is 1. The van der Waals surface area contributed by atoms with Crippen LogP contribution in [0.4, 0.5) is 72.5 Å². The number of Topliss-reactive ketones (excluding diaryl/α,β-unsaturated/α-hetero) is 1. The van der Waals surface area contributed by atoms with Crippen LogP contribution in [0.5, 0.6) is 0 Å². The van der Waals surface area contributed by atoms with Crippen molar-refractivity contribution in [1.82, 2.24) is 20.3 Å². The fraction of sp³-hybridized carbons (Fsp3) is 0.308. The van der Waals surface area contributed by atoms with Gasteiger partial charge in [-0.05, 0) is 163 Å². The van der Waals surface area contributed by atoms with E-state index in [2.05, 4.69) is 24.9 Å². The Balaban J connectivity index is 0.000000182. The molecule has 36 heteroatoms. The molecule has 11 aromatic rings. The number of thiocyanates is 1. The topological polar surface area (TPSA) is 238 Å². The number of carbonyl (C=O) groups excluding carboxylic acids is 4. The highest BCUT2D eigenvalue weighted by Crippen LogP contribution is 2.47.